The molecule has 5 nitrogen and oxygen atoms in total. The van der Waals surface area contributed by atoms with E-state index < -0.39 is 11.8 Å². The second kappa shape index (κ2) is 10.7. The average molecular weight is 507 g/mol. The zero-order valence-corrected chi connectivity index (χ0v) is 22.5. The van der Waals surface area contributed by atoms with Crippen LogP contribution in [0.25, 0.3) is 32.9 Å². The molecule has 0 radical (unpaired) electrons. The fourth-order valence-electron chi connectivity index (χ4n) is 4.73. The molecule has 4 aromatic carbocycles. The van der Waals surface area contributed by atoms with Gasteiger partial charge in [0.25, 0.3) is 0 Å². The van der Waals surface area contributed by atoms with Crippen LogP contribution in [0.4, 0.5) is 4.79 Å². The van der Waals surface area contributed by atoms with E-state index in [-0.39, 0.29) is 0 Å². The first-order chi connectivity index (χ1) is 18.3. The summed E-state index contributed by atoms with van der Waals surface area (Å²) in [5, 5.41) is 1.86. The minimum atomic E-state index is -0.710. The smallest absolute Gasteiger partial charge is 0.428 e. The van der Waals surface area contributed by atoms with Crippen molar-refractivity contribution >= 4 is 28.0 Å². The summed E-state index contributed by atoms with van der Waals surface area (Å²) >= 11 is 0. The SMILES string of the molecule is CCCCc1nc2ccccc2n1Cc1ccc(-c2ccc3ccccc3c2OC(=O)OC(C)(C)C)cc1. The van der Waals surface area contributed by atoms with Gasteiger partial charge in [-0.3, -0.25) is 0 Å². The standard InChI is InChI=1S/C33H34N2O3/c1-5-6-15-30-34-28-13-9-10-14-29(28)35(30)22-23-16-18-25(19-17-23)27-21-20-24-11-7-8-12-26(24)31(27)37-32(36)38-33(2,3)4/h7-14,16-21H,5-6,15,22H2,1-4H3. The Bertz CT molecular complexity index is 1580. The van der Waals surface area contributed by atoms with Gasteiger partial charge in [-0.25, -0.2) is 9.78 Å². The van der Waals surface area contributed by atoms with Crippen molar-refractivity contribution in [2.45, 2.75) is 59.1 Å². The molecule has 0 N–H and O–H groups in total. The van der Waals surface area contributed by atoms with Crippen LogP contribution in [0.5, 0.6) is 5.75 Å². The summed E-state index contributed by atoms with van der Waals surface area (Å²) in [4.78, 5) is 17.6. The van der Waals surface area contributed by atoms with Crippen molar-refractivity contribution in [3.05, 3.63) is 96.3 Å². The van der Waals surface area contributed by atoms with E-state index in [0.29, 0.717) is 5.75 Å². The Labute approximate surface area is 224 Å². The van der Waals surface area contributed by atoms with Crippen LogP contribution in [0.15, 0.2) is 84.9 Å². The zero-order chi connectivity index (χ0) is 26.7. The molecule has 1 aromatic heterocycles. The van der Waals surface area contributed by atoms with Crippen LogP contribution < -0.4 is 4.74 Å². The highest BCUT2D eigenvalue weighted by atomic mass is 16.7. The van der Waals surface area contributed by atoms with Gasteiger partial charge in [0.05, 0.1) is 11.0 Å². The fraction of sp³-hybridized carbons (Fsp3) is 0.273. The van der Waals surface area contributed by atoms with Gasteiger partial charge >= 0.3 is 6.16 Å². The van der Waals surface area contributed by atoms with Gasteiger partial charge in [0.15, 0.2) is 0 Å². The molecule has 0 aliphatic carbocycles. The number of aromatic nitrogens is 2. The van der Waals surface area contributed by atoms with Crippen molar-refractivity contribution in [1.82, 2.24) is 9.55 Å². The number of para-hydroxylation sites is 2. The molecule has 0 atom stereocenters. The van der Waals surface area contributed by atoms with Gasteiger partial charge in [-0.15, -0.1) is 0 Å². The van der Waals surface area contributed by atoms with Crippen molar-refractivity contribution in [3.63, 3.8) is 0 Å². The van der Waals surface area contributed by atoms with Crippen molar-refractivity contribution in [3.8, 4) is 16.9 Å². The molecule has 0 saturated carbocycles. The number of carbonyl (C=O) groups excluding carboxylic acids is 1. The van der Waals surface area contributed by atoms with Crippen LogP contribution in [-0.2, 0) is 17.7 Å². The van der Waals surface area contributed by atoms with E-state index in [2.05, 4.69) is 60.0 Å². The molecule has 194 valence electrons. The molecule has 1 heterocycles. The zero-order valence-electron chi connectivity index (χ0n) is 22.5. The van der Waals surface area contributed by atoms with Gasteiger partial charge < -0.3 is 14.0 Å². The van der Waals surface area contributed by atoms with Crippen molar-refractivity contribution in [1.29, 1.82) is 0 Å². The highest BCUT2D eigenvalue weighted by molar-refractivity contribution is 5.96. The number of nitrogens with zero attached hydrogens (tertiary/aromatic N) is 2. The molecule has 5 rings (SSSR count). The molecular formula is C33H34N2O3. The Morgan fingerprint density at radius 3 is 2.39 bits per heavy atom. The highest BCUT2D eigenvalue weighted by Crippen LogP contribution is 2.37. The summed E-state index contributed by atoms with van der Waals surface area (Å²) in [5.41, 5.74) is 4.56. The molecular weight excluding hydrogens is 472 g/mol. The van der Waals surface area contributed by atoms with E-state index >= 15 is 0 Å². The molecule has 38 heavy (non-hydrogen) atoms. The van der Waals surface area contributed by atoms with Crippen LogP contribution >= 0.6 is 0 Å². The number of carbonyl (C=O) groups is 1. The molecule has 5 heteroatoms. The lowest BCUT2D eigenvalue weighted by atomic mass is 9.98. The van der Waals surface area contributed by atoms with E-state index in [1.807, 2.05) is 57.2 Å². The van der Waals surface area contributed by atoms with Crippen LogP contribution in [0.3, 0.4) is 0 Å². The Morgan fingerprint density at radius 2 is 1.63 bits per heavy atom. The molecule has 0 bridgehead atoms. The van der Waals surface area contributed by atoms with E-state index in [1.165, 1.54) is 5.56 Å². The van der Waals surface area contributed by atoms with Crippen molar-refractivity contribution in [2.75, 3.05) is 0 Å². The van der Waals surface area contributed by atoms with Crippen LogP contribution in [0, 0.1) is 0 Å². The van der Waals surface area contributed by atoms with Gasteiger partial charge in [0, 0.05) is 23.9 Å². The number of rotatable bonds is 7. The summed E-state index contributed by atoms with van der Waals surface area (Å²) in [5.74, 6) is 1.63. The maximum Gasteiger partial charge on any atom is 0.514 e. The number of aryl methyl sites for hydroxylation is 1. The van der Waals surface area contributed by atoms with Crippen molar-refractivity contribution in [2.24, 2.45) is 0 Å². The number of benzene rings is 4. The number of hydrogen-bond acceptors (Lipinski definition) is 4. The normalized spacial score (nSPS) is 11.7. The van der Waals surface area contributed by atoms with E-state index in [0.717, 1.165) is 64.6 Å². The number of unbranched alkanes of at least 4 members (excludes halogenated alkanes) is 1. The highest BCUT2D eigenvalue weighted by Gasteiger charge is 2.21. The van der Waals surface area contributed by atoms with Crippen molar-refractivity contribution < 1.29 is 14.3 Å². The maximum atomic E-state index is 12.6. The minimum Gasteiger partial charge on any atom is -0.428 e. The third-order valence-electron chi connectivity index (χ3n) is 6.55. The summed E-state index contributed by atoms with van der Waals surface area (Å²) < 4.78 is 13.6. The third kappa shape index (κ3) is 5.57. The van der Waals surface area contributed by atoms with Crippen LogP contribution in [0.1, 0.15) is 51.9 Å². The lowest BCUT2D eigenvalue weighted by Crippen LogP contribution is -2.26. The van der Waals surface area contributed by atoms with Gasteiger partial charge in [0.2, 0.25) is 0 Å². The van der Waals surface area contributed by atoms with Crippen LogP contribution in [-0.4, -0.2) is 21.3 Å². The Balaban J connectivity index is 1.48. The fourth-order valence-corrected chi connectivity index (χ4v) is 4.73. The van der Waals surface area contributed by atoms with E-state index in [4.69, 9.17) is 14.5 Å². The molecule has 0 saturated heterocycles. The monoisotopic (exact) mass is 506 g/mol. The molecule has 5 aromatic rings. The topological polar surface area (TPSA) is 53.4 Å². The second-order valence-electron chi connectivity index (χ2n) is 10.6. The Morgan fingerprint density at radius 1 is 0.895 bits per heavy atom. The summed E-state index contributed by atoms with van der Waals surface area (Å²) in [7, 11) is 0. The van der Waals surface area contributed by atoms with E-state index in [1.54, 1.807) is 0 Å². The number of ether oxygens (including phenoxy) is 2. The van der Waals surface area contributed by atoms with Gasteiger partial charge in [-0.2, -0.15) is 0 Å². The first-order valence-electron chi connectivity index (χ1n) is 13.3. The lowest BCUT2D eigenvalue weighted by Gasteiger charge is -2.20. The number of fused-ring (bicyclic) bond motifs is 2. The first-order valence-corrected chi connectivity index (χ1v) is 13.3. The molecule has 0 unspecified atom stereocenters. The Kier molecular flexibility index (Phi) is 7.19. The molecule has 0 amide bonds. The van der Waals surface area contributed by atoms with E-state index in [9.17, 15) is 4.79 Å². The predicted molar refractivity (Wildman–Crippen MR) is 154 cm³/mol. The quantitative estimate of drug-likeness (QED) is 0.164. The minimum absolute atomic E-state index is 0.507. The average Bonchev–Trinajstić information content (AvgIpc) is 3.24. The summed E-state index contributed by atoms with van der Waals surface area (Å²) in [6, 6.07) is 28.7. The number of hydrogen-bond donors (Lipinski definition) is 0. The molecule has 0 spiro atoms. The maximum absolute atomic E-state index is 12.6. The third-order valence-corrected chi connectivity index (χ3v) is 6.55. The van der Waals surface area contributed by atoms with Gasteiger partial charge in [-0.1, -0.05) is 80.1 Å². The number of imidazole rings is 1. The molecule has 0 aliphatic heterocycles. The molecule has 0 aliphatic rings. The van der Waals surface area contributed by atoms with Gasteiger partial charge in [-0.05, 0) is 61.9 Å². The first kappa shape index (κ1) is 25.5. The molecule has 0 fully saturated rings. The summed E-state index contributed by atoms with van der Waals surface area (Å²) in [6.45, 7) is 8.44. The second-order valence-corrected chi connectivity index (χ2v) is 10.6. The van der Waals surface area contributed by atoms with Gasteiger partial charge in [0.1, 0.15) is 17.2 Å². The lowest BCUT2D eigenvalue weighted by molar-refractivity contribution is 0.0210. The van der Waals surface area contributed by atoms with Crippen LogP contribution in [0.2, 0.25) is 0 Å². The predicted octanol–water partition coefficient (Wildman–Crippen LogP) is 8.56. The largest absolute Gasteiger partial charge is 0.514 e. The Hall–Kier alpha value is -4.12. The summed E-state index contributed by atoms with van der Waals surface area (Å²) in [6.07, 6.45) is 2.51.